The van der Waals surface area contributed by atoms with Gasteiger partial charge in [-0.05, 0) is 36.9 Å². The summed E-state index contributed by atoms with van der Waals surface area (Å²) in [5, 5.41) is 3.04. The second-order valence-corrected chi connectivity index (χ2v) is 5.47. The molecular formula is C17H16F3N. The van der Waals surface area contributed by atoms with Gasteiger partial charge >= 0.3 is 0 Å². The smallest absolute Gasteiger partial charge is 0.161 e. The highest BCUT2D eigenvalue weighted by Crippen LogP contribution is 2.54. The zero-order valence-corrected chi connectivity index (χ0v) is 11.6. The molecule has 0 spiro atoms. The first-order valence-corrected chi connectivity index (χ1v) is 6.98. The van der Waals surface area contributed by atoms with Crippen LogP contribution in [0.25, 0.3) is 0 Å². The summed E-state index contributed by atoms with van der Waals surface area (Å²) in [5.74, 6) is -2.34. The number of halogens is 3. The molecule has 0 aromatic heterocycles. The maximum atomic E-state index is 13.9. The van der Waals surface area contributed by atoms with Crippen molar-refractivity contribution in [2.45, 2.75) is 18.4 Å². The second-order valence-electron chi connectivity index (χ2n) is 5.47. The number of hydrogen-bond donors (Lipinski definition) is 1. The molecule has 1 saturated carbocycles. The number of hydrogen-bond acceptors (Lipinski definition) is 1. The van der Waals surface area contributed by atoms with Gasteiger partial charge in [0.1, 0.15) is 5.82 Å². The van der Waals surface area contributed by atoms with Crippen molar-refractivity contribution in [1.82, 2.24) is 5.32 Å². The van der Waals surface area contributed by atoms with Gasteiger partial charge in [0.05, 0.1) is 0 Å². The van der Waals surface area contributed by atoms with Crippen LogP contribution in [-0.2, 0) is 0 Å². The van der Waals surface area contributed by atoms with E-state index in [1.165, 1.54) is 5.56 Å². The summed E-state index contributed by atoms with van der Waals surface area (Å²) in [6, 6.07) is 11.2. The summed E-state index contributed by atoms with van der Waals surface area (Å²) in [5.41, 5.74) is 1.39. The quantitative estimate of drug-likeness (QED) is 0.834. The van der Waals surface area contributed by atoms with Gasteiger partial charge in [-0.2, -0.15) is 0 Å². The van der Waals surface area contributed by atoms with Gasteiger partial charge in [-0.1, -0.05) is 30.3 Å². The normalized spacial score (nSPS) is 22.1. The molecule has 1 aliphatic carbocycles. The topological polar surface area (TPSA) is 12.0 Å². The van der Waals surface area contributed by atoms with Crippen LogP contribution in [0.5, 0.6) is 0 Å². The first kappa shape index (κ1) is 14.1. The Bertz CT molecular complexity index is 642. The van der Waals surface area contributed by atoms with Crippen LogP contribution >= 0.6 is 0 Å². The van der Waals surface area contributed by atoms with Crippen LogP contribution < -0.4 is 5.32 Å². The lowest BCUT2D eigenvalue weighted by Gasteiger charge is -2.18. The van der Waals surface area contributed by atoms with Crippen LogP contribution in [0.2, 0.25) is 0 Å². The van der Waals surface area contributed by atoms with Crippen LogP contribution in [0.15, 0.2) is 42.5 Å². The standard InChI is InChI=1S/C17H16F3N/c1-21-17(13-8-15(19)16(20)9-14(13)18)12-7-11(12)10-5-3-2-4-6-10/h2-6,8-9,11-12,17,21H,7H2,1H3. The number of benzene rings is 2. The lowest BCUT2D eigenvalue weighted by atomic mass is 9.98. The lowest BCUT2D eigenvalue weighted by molar-refractivity contribution is 0.455. The minimum absolute atomic E-state index is 0.191. The first-order valence-electron chi connectivity index (χ1n) is 6.98. The summed E-state index contributed by atoms with van der Waals surface area (Å²) >= 11 is 0. The van der Waals surface area contributed by atoms with Gasteiger partial charge in [-0.25, -0.2) is 13.2 Å². The van der Waals surface area contributed by atoms with E-state index in [1.54, 1.807) is 7.05 Å². The van der Waals surface area contributed by atoms with Crippen LogP contribution in [0.3, 0.4) is 0 Å². The van der Waals surface area contributed by atoms with Crippen molar-refractivity contribution < 1.29 is 13.2 Å². The van der Waals surface area contributed by atoms with Crippen molar-refractivity contribution in [3.05, 3.63) is 71.0 Å². The molecule has 3 unspecified atom stereocenters. The molecule has 3 rings (SSSR count). The third kappa shape index (κ3) is 2.68. The van der Waals surface area contributed by atoms with Crippen molar-refractivity contribution in [3.8, 4) is 0 Å². The second kappa shape index (κ2) is 5.53. The fraction of sp³-hybridized carbons (Fsp3) is 0.294. The third-order valence-electron chi connectivity index (χ3n) is 4.18. The molecule has 1 nitrogen and oxygen atoms in total. The molecule has 0 radical (unpaired) electrons. The van der Waals surface area contributed by atoms with E-state index in [1.807, 2.05) is 30.3 Å². The van der Waals surface area contributed by atoms with Crippen molar-refractivity contribution in [2.24, 2.45) is 5.92 Å². The Morgan fingerprint density at radius 1 is 1.00 bits per heavy atom. The highest BCUT2D eigenvalue weighted by Gasteiger charge is 2.44. The van der Waals surface area contributed by atoms with Crippen molar-refractivity contribution in [3.63, 3.8) is 0 Å². The summed E-state index contributed by atoms with van der Waals surface area (Å²) < 4.78 is 40.4. The monoisotopic (exact) mass is 291 g/mol. The van der Waals surface area contributed by atoms with Crippen LogP contribution in [-0.4, -0.2) is 7.05 Å². The lowest BCUT2D eigenvalue weighted by Crippen LogP contribution is -2.21. The summed E-state index contributed by atoms with van der Waals surface area (Å²) in [7, 11) is 1.71. The molecule has 3 atom stereocenters. The molecule has 1 N–H and O–H groups in total. The van der Waals surface area contributed by atoms with E-state index in [9.17, 15) is 13.2 Å². The third-order valence-corrected chi connectivity index (χ3v) is 4.18. The Hall–Kier alpha value is -1.81. The number of nitrogens with one attached hydrogen (secondary N) is 1. The van der Waals surface area contributed by atoms with Gasteiger partial charge < -0.3 is 5.32 Å². The molecule has 0 bridgehead atoms. The van der Waals surface area contributed by atoms with Gasteiger partial charge in [-0.3, -0.25) is 0 Å². The predicted molar refractivity (Wildman–Crippen MR) is 75.4 cm³/mol. The molecule has 2 aromatic carbocycles. The Balaban J connectivity index is 1.86. The zero-order valence-electron chi connectivity index (χ0n) is 11.6. The number of rotatable bonds is 4. The van der Waals surface area contributed by atoms with Gasteiger partial charge in [0.2, 0.25) is 0 Å². The van der Waals surface area contributed by atoms with E-state index in [4.69, 9.17) is 0 Å². The largest absolute Gasteiger partial charge is 0.313 e. The molecule has 0 saturated heterocycles. The van der Waals surface area contributed by atoms with Gasteiger partial charge in [0, 0.05) is 17.7 Å². The van der Waals surface area contributed by atoms with Crippen molar-refractivity contribution >= 4 is 0 Å². The Labute approximate surface area is 121 Å². The van der Waals surface area contributed by atoms with E-state index in [-0.39, 0.29) is 17.5 Å². The van der Waals surface area contributed by atoms with E-state index in [0.717, 1.165) is 12.5 Å². The Morgan fingerprint density at radius 3 is 2.33 bits per heavy atom. The molecule has 1 fully saturated rings. The summed E-state index contributed by atoms with van der Waals surface area (Å²) in [4.78, 5) is 0. The van der Waals surface area contributed by atoms with Gasteiger partial charge in [-0.15, -0.1) is 0 Å². The SMILES string of the molecule is CNC(c1cc(F)c(F)cc1F)C1CC1c1ccccc1. The van der Waals surface area contributed by atoms with Crippen LogP contribution in [0.4, 0.5) is 13.2 Å². The maximum absolute atomic E-state index is 13.9. The molecule has 21 heavy (non-hydrogen) atoms. The molecule has 0 aliphatic heterocycles. The molecular weight excluding hydrogens is 275 g/mol. The summed E-state index contributed by atoms with van der Waals surface area (Å²) in [6.07, 6.45) is 0.911. The van der Waals surface area contributed by atoms with Crippen molar-refractivity contribution in [2.75, 3.05) is 7.05 Å². The van der Waals surface area contributed by atoms with Gasteiger partial charge in [0.25, 0.3) is 0 Å². The molecule has 1 aliphatic rings. The average molecular weight is 291 g/mol. The molecule has 0 amide bonds. The highest BCUT2D eigenvalue weighted by molar-refractivity contribution is 5.31. The molecule has 110 valence electrons. The fourth-order valence-corrected chi connectivity index (χ4v) is 3.04. The average Bonchev–Trinajstić information content (AvgIpc) is 3.26. The fourth-order valence-electron chi connectivity index (χ4n) is 3.04. The minimum Gasteiger partial charge on any atom is -0.313 e. The highest BCUT2D eigenvalue weighted by atomic mass is 19.2. The molecule has 0 heterocycles. The predicted octanol–water partition coefficient (Wildman–Crippen LogP) is 4.17. The first-order chi connectivity index (χ1) is 10.1. The van der Waals surface area contributed by atoms with Crippen LogP contribution in [0.1, 0.15) is 29.5 Å². The van der Waals surface area contributed by atoms with E-state index < -0.39 is 17.5 Å². The maximum Gasteiger partial charge on any atom is 0.161 e. The van der Waals surface area contributed by atoms with Crippen LogP contribution in [0, 0.1) is 23.4 Å². The Morgan fingerprint density at radius 2 is 1.67 bits per heavy atom. The van der Waals surface area contributed by atoms with Crippen molar-refractivity contribution in [1.29, 1.82) is 0 Å². The van der Waals surface area contributed by atoms with Gasteiger partial charge in [0.15, 0.2) is 11.6 Å². The Kier molecular flexibility index (Phi) is 3.72. The molecule has 4 heteroatoms. The van der Waals surface area contributed by atoms with E-state index in [0.29, 0.717) is 12.0 Å². The summed E-state index contributed by atoms with van der Waals surface area (Å²) in [6.45, 7) is 0. The molecule has 2 aromatic rings. The zero-order chi connectivity index (χ0) is 15.0. The van der Waals surface area contributed by atoms with E-state index >= 15 is 0 Å². The van der Waals surface area contributed by atoms with E-state index in [2.05, 4.69) is 5.32 Å². The minimum atomic E-state index is -1.15.